The van der Waals surface area contributed by atoms with Crippen molar-refractivity contribution in [2.45, 2.75) is 5.75 Å². The Hall–Kier alpha value is -1.30. The Kier molecular flexibility index (Phi) is 3.90. The second kappa shape index (κ2) is 4.97. The lowest BCUT2D eigenvalue weighted by molar-refractivity contribution is -0.133. The first-order chi connectivity index (χ1) is 6.97. The molecule has 0 spiro atoms. The molecule has 1 N–H and O–H groups in total. The van der Waals surface area contributed by atoms with Crippen LogP contribution in [0.5, 0.6) is 0 Å². The summed E-state index contributed by atoms with van der Waals surface area (Å²) in [7, 11) is -1.65. The molecule has 0 aliphatic carbocycles. The molecule has 0 saturated carbocycles. The van der Waals surface area contributed by atoms with Gasteiger partial charge in [0.25, 0.3) is 0 Å². The number of aliphatic carboxylic acids is 1. The fraction of sp³-hybridized carbons (Fsp3) is 0.222. The Balaban J connectivity index is 2.72. The number of carboxylic acid groups (broad SMARTS) is 1. The van der Waals surface area contributed by atoms with Crippen LogP contribution in [0, 0.1) is 11.6 Å². The van der Waals surface area contributed by atoms with Gasteiger partial charge in [-0.2, -0.15) is 0 Å². The van der Waals surface area contributed by atoms with Crippen molar-refractivity contribution in [1.82, 2.24) is 0 Å². The number of hydrogen-bond acceptors (Lipinski definition) is 2. The van der Waals surface area contributed by atoms with E-state index in [0.29, 0.717) is 6.07 Å². The Morgan fingerprint density at radius 1 is 1.27 bits per heavy atom. The predicted octanol–water partition coefficient (Wildman–Crippen LogP) is 1.30. The molecular formula is C9H8F2O3S. The van der Waals surface area contributed by atoms with Gasteiger partial charge in [-0.05, 0) is 17.7 Å². The van der Waals surface area contributed by atoms with Gasteiger partial charge in [0.2, 0.25) is 0 Å². The molecule has 15 heavy (non-hydrogen) atoms. The highest BCUT2D eigenvalue weighted by atomic mass is 32.2. The highest BCUT2D eigenvalue weighted by molar-refractivity contribution is 7.84. The molecule has 1 rings (SSSR count). The second-order valence-corrected chi connectivity index (χ2v) is 4.36. The summed E-state index contributed by atoms with van der Waals surface area (Å²) >= 11 is 0. The van der Waals surface area contributed by atoms with E-state index in [9.17, 15) is 17.8 Å². The van der Waals surface area contributed by atoms with Gasteiger partial charge in [-0.15, -0.1) is 0 Å². The molecule has 1 unspecified atom stereocenters. The van der Waals surface area contributed by atoms with E-state index in [-0.39, 0.29) is 11.3 Å². The molecule has 6 heteroatoms. The van der Waals surface area contributed by atoms with E-state index in [0.717, 1.165) is 12.1 Å². The number of benzene rings is 1. The van der Waals surface area contributed by atoms with Gasteiger partial charge >= 0.3 is 5.97 Å². The Bertz CT molecular complexity index is 386. The topological polar surface area (TPSA) is 54.4 Å². The lowest BCUT2D eigenvalue weighted by atomic mass is 10.2. The van der Waals surface area contributed by atoms with Crippen LogP contribution in [0.25, 0.3) is 0 Å². The second-order valence-electron chi connectivity index (χ2n) is 2.90. The van der Waals surface area contributed by atoms with E-state index in [2.05, 4.69) is 0 Å². The van der Waals surface area contributed by atoms with Crippen molar-refractivity contribution in [1.29, 1.82) is 0 Å². The van der Waals surface area contributed by atoms with Crippen molar-refractivity contribution < 1.29 is 22.9 Å². The molecule has 3 nitrogen and oxygen atoms in total. The first-order valence-electron chi connectivity index (χ1n) is 3.99. The zero-order valence-electron chi connectivity index (χ0n) is 7.57. The van der Waals surface area contributed by atoms with E-state index in [1.807, 2.05) is 0 Å². The molecule has 82 valence electrons. The van der Waals surface area contributed by atoms with Gasteiger partial charge in [-0.25, -0.2) is 8.78 Å². The maximum Gasteiger partial charge on any atom is 0.316 e. The predicted molar refractivity (Wildman–Crippen MR) is 50.7 cm³/mol. The Labute approximate surface area is 87.2 Å². The van der Waals surface area contributed by atoms with Crippen molar-refractivity contribution >= 4 is 16.8 Å². The molecule has 1 aromatic carbocycles. The van der Waals surface area contributed by atoms with Crippen LogP contribution < -0.4 is 0 Å². The van der Waals surface area contributed by atoms with Gasteiger partial charge in [0.1, 0.15) is 17.4 Å². The first kappa shape index (κ1) is 11.8. The van der Waals surface area contributed by atoms with Crippen LogP contribution in [-0.2, 0) is 21.3 Å². The third-order valence-electron chi connectivity index (χ3n) is 1.53. The molecule has 0 amide bonds. The molecule has 1 aromatic rings. The van der Waals surface area contributed by atoms with E-state index in [4.69, 9.17) is 5.11 Å². The smallest absolute Gasteiger partial charge is 0.316 e. The Morgan fingerprint density at radius 3 is 2.27 bits per heavy atom. The fourth-order valence-electron chi connectivity index (χ4n) is 1.07. The van der Waals surface area contributed by atoms with Crippen molar-refractivity contribution in [2.75, 3.05) is 5.75 Å². The van der Waals surface area contributed by atoms with Gasteiger partial charge < -0.3 is 5.11 Å². The summed E-state index contributed by atoms with van der Waals surface area (Å²) in [6.07, 6.45) is 0. The van der Waals surface area contributed by atoms with Crippen LogP contribution in [0.1, 0.15) is 5.56 Å². The molecule has 0 bridgehead atoms. The summed E-state index contributed by atoms with van der Waals surface area (Å²) in [5, 5.41) is 8.33. The minimum atomic E-state index is -1.65. The molecule has 0 radical (unpaired) electrons. The first-order valence-corrected chi connectivity index (χ1v) is 5.48. The lowest BCUT2D eigenvalue weighted by Gasteiger charge is -2.00. The SMILES string of the molecule is O=C(O)CS(=O)Cc1cc(F)cc(F)c1. The van der Waals surface area contributed by atoms with Crippen molar-refractivity contribution in [3.8, 4) is 0 Å². The van der Waals surface area contributed by atoms with Gasteiger partial charge in [-0.3, -0.25) is 9.00 Å². The number of carbonyl (C=O) groups is 1. The third kappa shape index (κ3) is 4.16. The molecule has 0 aliphatic heterocycles. The number of halogens is 2. The largest absolute Gasteiger partial charge is 0.481 e. The van der Waals surface area contributed by atoms with E-state index in [1.165, 1.54) is 0 Å². The van der Waals surface area contributed by atoms with Crippen molar-refractivity contribution in [3.63, 3.8) is 0 Å². The highest BCUT2D eigenvalue weighted by Gasteiger charge is 2.08. The van der Waals surface area contributed by atoms with Crippen LogP contribution in [0.4, 0.5) is 8.78 Å². The molecule has 0 fully saturated rings. The highest BCUT2D eigenvalue weighted by Crippen LogP contribution is 2.10. The molecule has 1 atom stereocenters. The van der Waals surface area contributed by atoms with Gasteiger partial charge in [-0.1, -0.05) is 0 Å². The minimum Gasteiger partial charge on any atom is -0.481 e. The normalized spacial score (nSPS) is 12.4. The van der Waals surface area contributed by atoms with Gasteiger partial charge in [0, 0.05) is 22.6 Å². The quantitative estimate of drug-likeness (QED) is 0.854. The van der Waals surface area contributed by atoms with Crippen LogP contribution in [0.3, 0.4) is 0 Å². The molecule has 0 aliphatic rings. The standard InChI is InChI=1S/C9H8F2O3S/c10-7-1-6(2-8(11)3-7)4-15(14)5-9(12)13/h1-3H,4-5H2,(H,12,13). The lowest BCUT2D eigenvalue weighted by Crippen LogP contribution is -2.10. The summed E-state index contributed by atoms with van der Waals surface area (Å²) in [5.41, 5.74) is 0.187. The minimum absolute atomic E-state index is 0.166. The van der Waals surface area contributed by atoms with E-state index >= 15 is 0 Å². The van der Waals surface area contributed by atoms with Crippen LogP contribution in [0.2, 0.25) is 0 Å². The van der Waals surface area contributed by atoms with E-state index < -0.39 is 34.2 Å². The summed E-state index contributed by atoms with van der Waals surface area (Å²) < 4.78 is 36.5. The summed E-state index contributed by atoms with van der Waals surface area (Å²) in [5.74, 6) is -3.43. The van der Waals surface area contributed by atoms with Gasteiger partial charge in [0.05, 0.1) is 0 Å². The number of rotatable bonds is 4. The maximum atomic E-state index is 12.7. The van der Waals surface area contributed by atoms with Gasteiger partial charge in [0.15, 0.2) is 0 Å². The fourth-order valence-corrected chi connectivity index (χ4v) is 1.98. The molecule has 0 aromatic heterocycles. The summed E-state index contributed by atoms with van der Waals surface area (Å²) in [6, 6.07) is 2.76. The van der Waals surface area contributed by atoms with E-state index in [1.54, 1.807) is 0 Å². The molecular weight excluding hydrogens is 226 g/mol. The summed E-state index contributed by atoms with van der Waals surface area (Å²) in [6.45, 7) is 0. The van der Waals surface area contributed by atoms with Crippen LogP contribution >= 0.6 is 0 Å². The number of carboxylic acids is 1. The average Bonchev–Trinajstić information content (AvgIpc) is 1.98. The number of hydrogen-bond donors (Lipinski definition) is 1. The molecule has 0 heterocycles. The third-order valence-corrected chi connectivity index (χ3v) is 2.76. The Morgan fingerprint density at radius 2 is 1.80 bits per heavy atom. The van der Waals surface area contributed by atoms with Crippen LogP contribution in [0.15, 0.2) is 18.2 Å². The van der Waals surface area contributed by atoms with Crippen molar-refractivity contribution in [2.24, 2.45) is 0 Å². The zero-order chi connectivity index (χ0) is 11.4. The maximum absolute atomic E-state index is 12.7. The molecule has 0 saturated heterocycles. The zero-order valence-corrected chi connectivity index (χ0v) is 8.39. The van der Waals surface area contributed by atoms with Crippen LogP contribution in [-0.4, -0.2) is 21.0 Å². The average molecular weight is 234 g/mol. The monoisotopic (exact) mass is 234 g/mol. The summed E-state index contributed by atoms with van der Waals surface area (Å²) in [4.78, 5) is 10.2. The van der Waals surface area contributed by atoms with Crippen molar-refractivity contribution in [3.05, 3.63) is 35.4 Å².